The number of anilines is 1. The molecular weight excluding hydrogens is 210 g/mol. The van der Waals surface area contributed by atoms with Crippen molar-refractivity contribution < 1.29 is 5.11 Å². The number of benzene rings is 1. The number of hydrogen-bond acceptors (Lipinski definition) is 2. The van der Waals surface area contributed by atoms with E-state index in [0.29, 0.717) is 0 Å². The molecule has 1 aromatic rings. The lowest BCUT2D eigenvalue weighted by Crippen LogP contribution is -2.36. The molecule has 15 heavy (non-hydrogen) atoms. The van der Waals surface area contributed by atoms with Crippen LogP contribution in [0.4, 0.5) is 5.69 Å². The van der Waals surface area contributed by atoms with E-state index in [4.69, 9.17) is 11.6 Å². The molecule has 0 radical (unpaired) electrons. The molecule has 1 aliphatic rings. The van der Waals surface area contributed by atoms with Gasteiger partial charge in [0.1, 0.15) is 0 Å². The van der Waals surface area contributed by atoms with Crippen molar-refractivity contribution in [3.63, 3.8) is 0 Å². The van der Waals surface area contributed by atoms with Crippen LogP contribution in [0.25, 0.3) is 0 Å². The van der Waals surface area contributed by atoms with Crippen molar-refractivity contribution in [1.82, 2.24) is 0 Å². The Bertz CT molecular complexity index is 329. The van der Waals surface area contributed by atoms with Gasteiger partial charge in [-0.2, -0.15) is 0 Å². The molecule has 0 aliphatic heterocycles. The number of aliphatic hydroxyl groups is 1. The summed E-state index contributed by atoms with van der Waals surface area (Å²) in [7, 11) is 0. The molecule has 0 amide bonds. The molecule has 0 aromatic heterocycles. The van der Waals surface area contributed by atoms with Crippen molar-refractivity contribution in [3.05, 3.63) is 29.3 Å². The maximum Gasteiger partial charge on any atom is 0.0741 e. The summed E-state index contributed by atoms with van der Waals surface area (Å²) in [4.78, 5) is 0. The van der Waals surface area contributed by atoms with Crippen molar-refractivity contribution in [2.24, 2.45) is 0 Å². The van der Waals surface area contributed by atoms with Crippen LogP contribution in [0.2, 0.25) is 5.02 Å². The first kappa shape index (κ1) is 10.8. The molecule has 82 valence electrons. The van der Waals surface area contributed by atoms with E-state index < -0.39 is 0 Å². The summed E-state index contributed by atoms with van der Waals surface area (Å²) >= 11 is 6.05. The Balaban J connectivity index is 2.04. The molecule has 0 bridgehead atoms. The van der Waals surface area contributed by atoms with Crippen molar-refractivity contribution >= 4 is 17.3 Å². The van der Waals surface area contributed by atoms with Crippen LogP contribution < -0.4 is 5.32 Å². The van der Waals surface area contributed by atoms with E-state index in [1.54, 1.807) is 0 Å². The zero-order valence-corrected chi connectivity index (χ0v) is 9.37. The minimum atomic E-state index is -0.241. The lowest BCUT2D eigenvalue weighted by Gasteiger charge is -2.29. The summed E-state index contributed by atoms with van der Waals surface area (Å²) in [6.45, 7) is 0. The lowest BCUT2D eigenvalue weighted by molar-refractivity contribution is 0.116. The third-order valence-corrected chi connectivity index (χ3v) is 3.27. The van der Waals surface area contributed by atoms with Gasteiger partial charge in [-0.1, -0.05) is 36.6 Å². The van der Waals surface area contributed by atoms with Gasteiger partial charge in [0.15, 0.2) is 0 Å². The fourth-order valence-electron chi connectivity index (χ4n) is 2.06. The Morgan fingerprint density at radius 3 is 2.67 bits per heavy atom. The Morgan fingerprint density at radius 2 is 1.93 bits per heavy atom. The van der Waals surface area contributed by atoms with Crippen molar-refractivity contribution in [2.75, 3.05) is 5.32 Å². The van der Waals surface area contributed by atoms with Crippen LogP contribution in [-0.2, 0) is 0 Å². The standard InChI is InChI=1S/C12H16ClNO/c13-9-5-1-2-6-10(9)14-11-7-3-4-8-12(11)15/h1-2,5-6,11-12,14-15H,3-4,7-8H2/t11-,12-/m1/s1. The van der Waals surface area contributed by atoms with Gasteiger partial charge in [0.2, 0.25) is 0 Å². The molecule has 0 unspecified atom stereocenters. The predicted octanol–water partition coefficient (Wildman–Crippen LogP) is 3.06. The smallest absolute Gasteiger partial charge is 0.0741 e. The van der Waals surface area contributed by atoms with Crippen LogP contribution in [0, 0.1) is 0 Å². The van der Waals surface area contributed by atoms with E-state index in [1.165, 1.54) is 6.42 Å². The Labute approximate surface area is 95.3 Å². The van der Waals surface area contributed by atoms with Gasteiger partial charge in [-0.15, -0.1) is 0 Å². The summed E-state index contributed by atoms with van der Waals surface area (Å²) < 4.78 is 0. The van der Waals surface area contributed by atoms with E-state index in [9.17, 15) is 5.11 Å². The lowest BCUT2D eigenvalue weighted by atomic mass is 9.92. The van der Waals surface area contributed by atoms with Gasteiger partial charge in [-0.3, -0.25) is 0 Å². The van der Waals surface area contributed by atoms with Crippen LogP contribution >= 0.6 is 11.6 Å². The van der Waals surface area contributed by atoms with E-state index in [0.717, 1.165) is 30.0 Å². The SMILES string of the molecule is O[C@@H]1CCCC[C@H]1Nc1ccccc1Cl. The van der Waals surface area contributed by atoms with Crippen LogP contribution in [0.1, 0.15) is 25.7 Å². The third-order valence-electron chi connectivity index (χ3n) is 2.94. The Kier molecular flexibility index (Phi) is 3.49. The molecule has 3 heteroatoms. The molecule has 2 rings (SSSR count). The molecule has 2 N–H and O–H groups in total. The normalized spacial score (nSPS) is 26.3. The van der Waals surface area contributed by atoms with E-state index in [2.05, 4.69) is 5.32 Å². The van der Waals surface area contributed by atoms with Crippen molar-refractivity contribution in [1.29, 1.82) is 0 Å². The van der Waals surface area contributed by atoms with Crippen molar-refractivity contribution in [2.45, 2.75) is 37.8 Å². The molecular formula is C12H16ClNO. The molecule has 2 atom stereocenters. The van der Waals surface area contributed by atoms with E-state index in [-0.39, 0.29) is 12.1 Å². The summed E-state index contributed by atoms with van der Waals surface area (Å²) in [5.74, 6) is 0. The van der Waals surface area contributed by atoms with Gasteiger partial charge in [0.05, 0.1) is 22.9 Å². The van der Waals surface area contributed by atoms with Crippen LogP contribution in [-0.4, -0.2) is 17.3 Å². The van der Waals surface area contributed by atoms with Gasteiger partial charge in [-0.05, 0) is 25.0 Å². The van der Waals surface area contributed by atoms with Crippen LogP contribution in [0.15, 0.2) is 24.3 Å². The van der Waals surface area contributed by atoms with Gasteiger partial charge in [0, 0.05) is 0 Å². The molecule has 1 aromatic carbocycles. The first-order valence-electron chi connectivity index (χ1n) is 5.46. The fraction of sp³-hybridized carbons (Fsp3) is 0.500. The quantitative estimate of drug-likeness (QED) is 0.811. The fourth-order valence-corrected chi connectivity index (χ4v) is 2.25. The summed E-state index contributed by atoms with van der Waals surface area (Å²) in [6.07, 6.45) is 3.98. The van der Waals surface area contributed by atoms with Gasteiger partial charge in [0.25, 0.3) is 0 Å². The zero-order valence-electron chi connectivity index (χ0n) is 8.62. The molecule has 1 saturated carbocycles. The number of hydrogen-bond donors (Lipinski definition) is 2. The number of nitrogens with one attached hydrogen (secondary N) is 1. The largest absolute Gasteiger partial charge is 0.391 e. The average Bonchev–Trinajstić information content (AvgIpc) is 2.24. The average molecular weight is 226 g/mol. The Hall–Kier alpha value is -0.730. The summed E-state index contributed by atoms with van der Waals surface area (Å²) in [5, 5.41) is 13.9. The number of halogens is 1. The number of aliphatic hydroxyl groups excluding tert-OH is 1. The second kappa shape index (κ2) is 4.86. The minimum absolute atomic E-state index is 0.152. The highest BCUT2D eigenvalue weighted by atomic mass is 35.5. The first-order valence-corrected chi connectivity index (χ1v) is 5.84. The van der Waals surface area contributed by atoms with E-state index in [1.807, 2.05) is 24.3 Å². The van der Waals surface area contributed by atoms with Gasteiger partial charge < -0.3 is 10.4 Å². The highest BCUT2D eigenvalue weighted by Gasteiger charge is 2.22. The minimum Gasteiger partial charge on any atom is -0.391 e. The predicted molar refractivity (Wildman–Crippen MR) is 63.3 cm³/mol. The topological polar surface area (TPSA) is 32.3 Å². The maximum absolute atomic E-state index is 9.82. The van der Waals surface area contributed by atoms with Gasteiger partial charge >= 0.3 is 0 Å². The molecule has 1 fully saturated rings. The summed E-state index contributed by atoms with van der Waals surface area (Å²) in [5.41, 5.74) is 0.921. The van der Waals surface area contributed by atoms with E-state index >= 15 is 0 Å². The third kappa shape index (κ3) is 2.64. The molecule has 0 saturated heterocycles. The van der Waals surface area contributed by atoms with Crippen LogP contribution in [0.5, 0.6) is 0 Å². The second-order valence-corrected chi connectivity index (χ2v) is 4.49. The molecule has 2 nitrogen and oxygen atoms in total. The zero-order chi connectivity index (χ0) is 10.7. The monoisotopic (exact) mass is 225 g/mol. The molecule has 1 aliphatic carbocycles. The highest BCUT2D eigenvalue weighted by Crippen LogP contribution is 2.26. The summed E-state index contributed by atoms with van der Waals surface area (Å²) in [6, 6.07) is 7.82. The maximum atomic E-state index is 9.82. The molecule has 0 spiro atoms. The Morgan fingerprint density at radius 1 is 1.20 bits per heavy atom. The molecule has 0 heterocycles. The number of para-hydroxylation sites is 1. The number of rotatable bonds is 2. The van der Waals surface area contributed by atoms with Gasteiger partial charge in [-0.25, -0.2) is 0 Å². The van der Waals surface area contributed by atoms with Crippen LogP contribution in [0.3, 0.4) is 0 Å². The first-order chi connectivity index (χ1) is 7.27. The second-order valence-electron chi connectivity index (χ2n) is 4.08. The highest BCUT2D eigenvalue weighted by molar-refractivity contribution is 6.33. The van der Waals surface area contributed by atoms with Crippen molar-refractivity contribution in [3.8, 4) is 0 Å².